The van der Waals surface area contributed by atoms with Crippen LogP contribution in [-0.2, 0) is 0 Å². The van der Waals surface area contributed by atoms with Gasteiger partial charge in [0.15, 0.2) is 17.3 Å². The molecule has 2 amide bonds. The lowest BCUT2D eigenvalue weighted by molar-refractivity contribution is 0.0947. The van der Waals surface area contributed by atoms with Gasteiger partial charge in [-0.15, -0.1) is 15.3 Å². The number of carbonyl (C=O) groups excluding carboxylic acids is 2. The first-order valence-corrected chi connectivity index (χ1v) is 9.58. The fraction of sp³-hybridized carbons (Fsp3) is 0.111. The van der Waals surface area contributed by atoms with Gasteiger partial charge in [-0.05, 0) is 24.3 Å². The summed E-state index contributed by atoms with van der Waals surface area (Å²) in [5.41, 5.74) is 0.757. The zero-order chi connectivity index (χ0) is 21.6. The smallest absolute Gasteiger partial charge is 0.279 e. The Kier molecular flexibility index (Phi) is 5.19. The molecule has 12 heteroatoms. The van der Waals surface area contributed by atoms with E-state index in [0.29, 0.717) is 10.6 Å². The van der Waals surface area contributed by atoms with Gasteiger partial charge in [0.05, 0.1) is 10.0 Å². The number of aromatic nitrogens is 3. The quantitative estimate of drug-likeness (QED) is 0.488. The van der Waals surface area contributed by atoms with Gasteiger partial charge in [-0.1, -0.05) is 34.8 Å². The van der Waals surface area contributed by atoms with Gasteiger partial charge in [0.25, 0.3) is 5.91 Å². The van der Waals surface area contributed by atoms with E-state index in [9.17, 15) is 9.59 Å². The normalized spacial score (nSPS) is 13.4. The minimum atomic E-state index is -0.451. The third-order valence-corrected chi connectivity index (χ3v) is 5.17. The minimum absolute atomic E-state index is 0.167. The Balaban J connectivity index is 1.85. The van der Waals surface area contributed by atoms with Gasteiger partial charge in [-0.2, -0.15) is 4.68 Å². The van der Waals surface area contributed by atoms with Crippen molar-refractivity contribution in [2.75, 3.05) is 23.9 Å². The summed E-state index contributed by atoms with van der Waals surface area (Å²) < 4.78 is 1.10. The van der Waals surface area contributed by atoms with Crippen LogP contribution in [-0.4, -0.2) is 40.8 Å². The fourth-order valence-corrected chi connectivity index (χ4v) is 3.79. The molecule has 0 fully saturated rings. The van der Waals surface area contributed by atoms with Gasteiger partial charge in [0, 0.05) is 37.1 Å². The summed E-state index contributed by atoms with van der Waals surface area (Å²) in [7, 11) is 3.03. The van der Waals surface area contributed by atoms with Crippen LogP contribution >= 0.6 is 34.8 Å². The average Bonchev–Trinajstić information content (AvgIpc) is 3.06. The number of halogens is 3. The SMILES string of the molecule is CN1C(=O)N(C)c2c(N=Nc3c(Cl)cc(Cl)cc3Cl)c1nn2C(=O)c1ccncc1. The van der Waals surface area contributed by atoms with E-state index in [1.165, 1.54) is 48.4 Å². The lowest BCUT2D eigenvalue weighted by Crippen LogP contribution is -2.41. The van der Waals surface area contributed by atoms with Crippen LogP contribution in [0, 0.1) is 0 Å². The van der Waals surface area contributed by atoms with Crippen LogP contribution in [0.5, 0.6) is 0 Å². The van der Waals surface area contributed by atoms with Crippen molar-refractivity contribution < 1.29 is 9.59 Å². The molecule has 0 N–H and O–H groups in total. The molecule has 3 aromatic rings. The number of nitrogens with zero attached hydrogens (tertiary/aromatic N) is 7. The monoisotopic (exact) mass is 463 g/mol. The number of rotatable bonds is 3. The molecule has 2 bridgehead atoms. The molecule has 1 aromatic carbocycles. The van der Waals surface area contributed by atoms with Gasteiger partial charge in [0.2, 0.25) is 0 Å². The molecule has 4 rings (SSSR count). The van der Waals surface area contributed by atoms with Crippen LogP contribution in [0.2, 0.25) is 15.1 Å². The second-order valence-corrected chi connectivity index (χ2v) is 7.52. The molecular formula is C18H12Cl3N7O2. The third kappa shape index (κ3) is 3.30. The lowest BCUT2D eigenvalue weighted by atomic mass is 10.2. The highest BCUT2D eigenvalue weighted by atomic mass is 35.5. The van der Waals surface area contributed by atoms with Crippen molar-refractivity contribution in [3.63, 3.8) is 0 Å². The molecule has 1 aliphatic heterocycles. The van der Waals surface area contributed by atoms with E-state index in [0.717, 1.165) is 4.68 Å². The molecule has 2 aromatic heterocycles. The van der Waals surface area contributed by atoms with Crippen molar-refractivity contribution >= 4 is 69.8 Å². The molecule has 30 heavy (non-hydrogen) atoms. The Morgan fingerprint density at radius 3 is 2.20 bits per heavy atom. The number of amides is 2. The Morgan fingerprint density at radius 1 is 0.967 bits per heavy atom. The van der Waals surface area contributed by atoms with Crippen molar-refractivity contribution in [2.24, 2.45) is 10.2 Å². The van der Waals surface area contributed by atoms with Crippen LogP contribution in [0.15, 0.2) is 46.9 Å². The third-order valence-electron chi connectivity index (χ3n) is 4.38. The number of hydrogen-bond acceptors (Lipinski definition) is 6. The summed E-state index contributed by atoms with van der Waals surface area (Å²) in [6.07, 6.45) is 2.98. The second kappa shape index (κ2) is 7.67. The van der Waals surface area contributed by atoms with Crippen molar-refractivity contribution in [3.05, 3.63) is 57.3 Å². The number of pyridine rings is 1. The Morgan fingerprint density at radius 2 is 1.57 bits per heavy atom. The summed E-state index contributed by atoms with van der Waals surface area (Å²) in [5.74, 6) is -0.118. The maximum absolute atomic E-state index is 13.0. The van der Waals surface area contributed by atoms with E-state index in [1.807, 2.05) is 0 Å². The lowest BCUT2D eigenvalue weighted by Gasteiger charge is -2.26. The molecule has 0 saturated carbocycles. The highest BCUT2D eigenvalue weighted by Gasteiger charge is 2.37. The largest absolute Gasteiger partial charge is 0.330 e. The Bertz CT molecular complexity index is 1190. The number of urea groups is 1. The van der Waals surface area contributed by atoms with Gasteiger partial charge in [0.1, 0.15) is 5.69 Å². The van der Waals surface area contributed by atoms with Crippen LogP contribution < -0.4 is 9.80 Å². The molecule has 152 valence electrons. The first-order valence-electron chi connectivity index (χ1n) is 8.45. The fourth-order valence-electron chi connectivity index (χ4n) is 2.90. The summed E-state index contributed by atoms with van der Waals surface area (Å²) in [6, 6.07) is 5.68. The summed E-state index contributed by atoms with van der Waals surface area (Å²) >= 11 is 18.3. The molecule has 0 aliphatic carbocycles. The summed E-state index contributed by atoms with van der Waals surface area (Å²) in [6.45, 7) is 0. The zero-order valence-electron chi connectivity index (χ0n) is 15.5. The van der Waals surface area contributed by atoms with E-state index < -0.39 is 5.91 Å². The zero-order valence-corrected chi connectivity index (χ0v) is 17.8. The van der Waals surface area contributed by atoms with Crippen molar-refractivity contribution in [2.45, 2.75) is 0 Å². The molecule has 3 heterocycles. The predicted molar refractivity (Wildman–Crippen MR) is 114 cm³/mol. The van der Waals surface area contributed by atoms with Gasteiger partial charge in [-0.3, -0.25) is 19.6 Å². The van der Waals surface area contributed by atoms with Gasteiger partial charge in [-0.25, -0.2) is 4.79 Å². The van der Waals surface area contributed by atoms with Crippen molar-refractivity contribution in [3.8, 4) is 0 Å². The molecule has 0 saturated heterocycles. The van der Waals surface area contributed by atoms with Crippen LogP contribution in [0.4, 0.5) is 27.8 Å². The molecule has 0 radical (unpaired) electrons. The molecule has 0 spiro atoms. The molecule has 9 nitrogen and oxygen atoms in total. The van der Waals surface area contributed by atoms with E-state index in [4.69, 9.17) is 34.8 Å². The Labute approximate surface area is 185 Å². The van der Waals surface area contributed by atoms with Gasteiger partial charge < -0.3 is 0 Å². The number of azo groups is 1. The molecule has 0 atom stereocenters. The molecule has 0 unspecified atom stereocenters. The number of anilines is 2. The molecular weight excluding hydrogens is 453 g/mol. The number of hydrogen-bond donors (Lipinski definition) is 0. The van der Waals surface area contributed by atoms with Crippen molar-refractivity contribution in [1.29, 1.82) is 0 Å². The standard InChI is InChI=1S/C18H12Cl3N7O2/c1-26-15-14(24-23-13-11(20)7-10(19)8-12(13)21)16(27(2)18(26)30)28(25-15)17(29)9-3-5-22-6-4-9/h3-8H,1-2H3. The topological polar surface area (TPSA) is 96.0 Å². The summed E-state index contributed by atoms with van der Waals surface area (Å²) in [5, 5.41) is 13.4. The number of benzene rings is 1. The minimum Gasteiger partial charge on any atom is -0.279 e. The highest BCUT2D eigenvalue weighted by molar-refractivity contribution is 6.41. The second-order valence-electron chi connectivity index (χ2n) is 6.27. The number of fused-ring (bicyclic) bond motifs is 2. The molecule has 1 aliphatic rings. The van der Waals surface area contributed by atoms with Crippen LogP contribution in [0.3, 0.4) is 0 Å². The predicted octanol–water partition coefficient (Wildman–Crippen LogP) is 5.35. The van der Waals surface area contributed by atoms with Crippen molar-refractivity contribution in [1.82, 2.24) is 14.8 Å². The van der Waals surface area contributed by atoms with E-state index in [2.05, 4.69) is 20.3 Å². The van der Waals surface area contributed by atoms with Gasteiger partial charge >= 0.3 is 6.03 Å². The first kappa shape index (κ1) is 20.3. The van der Waals surface area contributed by atoms with E-state index in [-0.39, 0.29) is 39.1 Å². The Hall–Kier alpha value is -3.01. The van der Waals surface area contributed by atoms with Crippen LogP contribution in [0.25, 0.3) is 0 Å². The number of carbonyl (C=O) groups is 2. The van der Waals surface area contributed by atoms with E-state index >= 15 is 0 Å². The van der Waals surface area contributed by atoms with E-state index in [1.54, 1.807) is 12.1 Å². The maximum Gasteiger partial charge on any atom is 0.330 e. The highest BCUT2D eigenvalue weighted by Crippen LogP contribution is 2.44. The first-order chi connectivity index (χ1) is 14.3. The maximum atomic E-state index is 13.0. The van der Waals surface area contributed by atoms with Crippen LogP contribution in [0.1, 0.15) is 10.4 Å². The average molecular weight is 465 g/mol. The summed E-state index contributed by atoms with van der Waals surface area (Å²) in [4.78, 5) is 31.9.